The summed E-state index contributed by atoms with van der Waals surface area (Å²) in [5, 5.41) is 12.3. The van der Waals surface area contributed by atoms with Crippen molar-refractivity contribution in [1.82, 2.24) is 24.9 Å². The van der Waals surface area contributed by atoms with Crippen molar-refractivity contribution in [3.8, 4) is 0 Å². The van der Waals surface area contributed by atoms with E-state index in [0.717, 1.165) is 12.2 Å². The highest BCUT2D eigenvalue weighted by atomic mass is 15.3. The zero-order valence-electron chi connectivity index (χ0n) is 12.7. The third-order valence-electron chi connectivity index (χ3n) is 3.98. The standard InChI is InChI=1S/C14H23N5/c1-9(14-8-16-18(5)11(14)3)15-7-13-10(2)17-19(6)12(13)4/h8-9,15H,7H2,1-6H3. The van der Waals surface area contributed by atoms with Crippen molar-refractivity contribution in [2.24, 2.45) is 14.1 Å². The molecule has 1 unspecified atom stereocenters. The van der Waals surface area contributed by atoms with Gasteiger partial charge in [-0.2, -0.15) is 10.2 Å². The quantitative estimate of drug-likeness (QED) is 0.915. The Balaban J connectivity index is 2.08. The molecule has 5 heteroatoms. The van der Waals surface area contributed by atoms with E-state index in [4.69, 9.17) is 0 Å². The first-order chi connectivity index (χ1) is 8.91. The van der Waals surface area contributed by atoms with Crippen LogP contribution in [-0.2, 0) is 20.6 Å². The van der Waals surface area contributed by atoms with E-state index in [1.165, 1.54) is 22.5 Å². The Morgan fingerprint density at radius 2 is 1.84 bits per heavy atom. The highest BCUT2D eigenvalue weighted by Gasteiger charge is 2.14. The molecule has 2 aromatic heterocycles. The summed E-state index contributed by atoms with van der Waals surface area (Å²) >= 11 is 0. The van der Waals surface area contributed by atoms with Gasteiger partial charge < -0.3 is 5.32 Å². The minimum absolute atomic E-state index is 0.285. The lowest BCUT2D eigenvalue weighted by Crippen LogP contribution is -2.19. The van der Waals surface area contributed by atoms with Crippen molar-refractivity contribution in [1.29, 1.82) is 0 Å². The van der Waals surface area contributed by atoms with Crippen molar-refractivity contribution < 1.29 is 0 Å². The van der Waals surface area contributed by atoms with Gasteiger partial charge in [-0.1, -0.05) is 0 Å². The molecule has 0 aliphatic rings. The largest absolute Gasteiger partial charge is 0.306 e. The number of hydrogen-bond donors (Lipinski definition) is 1. The monoisotopic (exact) mass is 261 g/mol. The molecule has 0 saturated heterocycles. The van der Waals surface area contributed by atoms with Gasteiger partial charge >= 0.3 is 0 Å². The maximum Gasteiger partial charge on any atom is 0.0641 e. The van der Waals surface area contributed by atoms with Crippen LogP contribution in [0.2, 0.25) is 0 Å². The van der Waals surface area contributed by atoms with Gasteiger partial charge in [0.15, 0.2) is 0 Å². The molecule has 104 valence electrons. The smallest absolute Gasteiger partial charge is 0.0641 e. The van der Waals surface area contributed by atoms with E-state index >= 15 is 0 Å². The van der Waals surface area contributed by atoms with Gasteiger partial charge in [0.25, 0.3) is 0 Å². The fourth-order valence-corrected chi connectivity index (χ4v) is 2.38. The zero-order chi connectivity index (χ0) is 14.2. The van der Waals surface area contributed by atoms with E-state index in [1.54, 1.807) is 0 Å². The van der Waals surface area contributed by atoms with Crippen LogP contribution < -0.4 is 5.32 Å². The summed E-state index contributed by atoms with van der Waals surface area (Å²) < 4.78 is 3.85. The molecule has 2 aromatic rings. The molecule has 0 bridgehead atoms. The molecular weight excluding hydrogens is 238 g/mol. The molecule has 0 aliphatic heterocycles. The van der Waals surface area contributed by atoms with Gasteiger partial charge in [0.1, 0.15) is 0 Å². The molecule has 2 heterocycles. The highest BCUT2D eigenvalue weighted by Crippen LogP contribution is 2.18. The van der Waals surface area contributed by atoms with Crippen LogP contribution in [0.5, 0.6) is 0 Å². The highest BCUT2D eigenvalue weighted by molar-refractivity contribution is 5.25. The van der Waals surface area contributed by atoms with E-state index in [9.17, 15) is 0 Å². The molecule has 5 nitrogen and oxygen atoms in total. The summed E-state index contributed by atoms with van der Waals surface area (Å²) in [4.78, 5) is 0. The number of nitrogens with one attached hydrogen (secondary N) is 1. The molecule has 1 N–H and O–H groups in total. The molecule has 0 fully saturated rings. The third kappa shape index (κ3) is 2.56. The van der Waals surface area contributed by atoms with Crippen molar-refractivity contribution in [2.75, 3.05) is 0 Å². The second-order valence-electron chi connectivity index (χ2n) is 5.18. The predicted octanol–water partition coefficient (Wildman–Crippen LogP) is 1.93. The number of aryl methyl sites for hydroxylation is 3. The van der Waals surface area contributed by atoms with Crippen LogP contribution >= 0.6 is 0 Å². The first kappa shape index (κ1) is 13.8. The number of hydrogen-bond acceptors (Lipinski definition) is 3. The summed E-state index contributed by atoms with van der Waals surface area (Å²) in [5.41, 5.74) is 6.07. The SMILES string of the molecule is Cc1nn(C)c(C)c1CNC(C)c1cnn(C)c1C. The molecular formula is C14H23N5. The Labute approximate surface area is 114 Å². The topological polar surface area (TPSA) is 47.7 Å². The van der Waals surface area contributed by atoms with Crippen molar-refractivity contribution in [3.05, 3.63) is 34.4 Å². The molecule has 19 heavy (non-hydrogen) atoms. The Morgan fingerprint density at radius 1 is 1.16 bits per heavy atom. The lowest BCUT2D eigenvalue weighted by atomic mass is 10.1. The van der Waals surface area contributed by atoms with Crippen molar-refractivity contribution in [3.63, 3.8) is 0 Å². The fourth-order valence-electron chi connectivity index (χ4n) is 2.38. The normalized spacial score (nSPS) is 12.9. The third-order valence-corrected chi connectivity index (χ3v) is 3.98. The molecule has 0 saturated carbocycles. The van der Waals surface area contributed by atoms with Crippen LogP contribution in [0, 0.1) is 20.8 Å². The second kappa shape index (κ2) is 5.17. The van der Waals surface area contributed by atoms with Crippen LogP contribution in [0.1, 0.15) is 41.2 Å². The van der Waals surface area contributed by atoms with Crippen LogP contribution in [-0.4, -0.2) is 19.6 Å². The maximum absolute atomic E-state index is 4.44. The van der Waals surface area contributed by atoms with Gasteiger partial charge in [-0.25, -0.2) is 0 Å². The van der Waals surface area contributed by atoms with Gasteiger partial charge in [-0.3, -0.25) is 9.36 Å². The Hall–Kier alpha value is -1.62. The lowest BCUT2D eigenvalue weighted by molar-refractivity contribution is 0.567. The number of rotatable bonds is 4. The van der Waals surface area contributed by atoms with E-state index in [0.29, 0.717) is 0 Å². The first-order valence-electron chi connectivity index (χ1n) is 6.62. The zero-order valence-corrected chi connectivity index (χ0v) is 12.7. The predicted molar refractivity (Wildman–Crippen MR) is 75.9 cm³/mol. The van der Waals surface area contributed by atoms with Crippen molar-refractivity contribution in [2.45, 2.75) is 40.3 Å². The Morgan fingerprint density at radius 3 is 2.32 bits per heavy atom. The molecule has 1 atom stereocenters. The van der Waals surface area contributed by atoms with Gasteiger partial charge in [-0.15, -0.1) is 0 Å². The van der Waals surface area contributed by atoms with Gasteiger partial charge in [0.05, 0.1) is 11.9 Å². The molecule has 2 rings (SSSR count). The van der Waals surface area contributed by atoms with Crippen LogP contribution in [0.4, 0.5) is 0 Å². The Bertz CT molecular complexity index is 579. The average molecular weight is 261 g/mol. The van der Waals surface area contributed by atoms with Crippen LogP contribution in [0.3, 0.4) is 0 Å². The van der Waals surface area contributed by atoms with E-state index in [1.807, 2.05) is 29.7 Å². The number of nitrogens with zero attached hydrogens (tertiary/aromatic N) is 4. The molecule has 0 aromatic carbocycles. The van der Waals surface area contributed by atoms with Gasteiger partial charge in [0.2, 0.25) is 0 Å². The average Bonchev–Trinajstić information content (AvgIpc) is 2.80. The summed E-state index contributed by atoms with van der Waals surface area (Å²) in [6.45, 7) is 9.27. The lowest BCUT2D eigenvalue weighted by Gasteiger charge is -2.14. The van der Waals surface area contributed by atoms with E-state index in [2.05, 4.69) is 43.2 Å². The van der Waals surface area contributed by atoms with E-state index in [-0.39, 0.29) is 6.04 Å². The minimum atomic E-state index is 0.285. The van der Waals surface area contributed by atoms with Gasteiger partial charge in [0, 0.05) is 49.2 Å². The molecule has 0 radical (unpaired) electrons. The minimum Gasteiger partial charge on any atom is -0.306 e. The second-order valence-corrected chi connectivity index (χ2v) is 5.18. The van der Waals surface area contributed by atoms with Crippen molar-refractivity contribution >= 4 is 0 Å². The summed E-state index contributed by atoms with van der Waals surface area (Å²) in [5.74, 6) is 0. The summed E-state index contributed by atoms with van der Waals surface area (Å²) in [6, 6.07) is 0.285. The molecule has 0 spiro atoms. The van der Waals surface area contributed by atoms with Gasteiger partial charge in [-0.05, 0) is 27.7 Å². The molecule has 0 aliphatic carbocycles. The molecule has 0 amide bonds. The van der Waals surface area contributed by atoms with E-state index < -0.39 is 0 Å². The number of aromatic nitrogens is 4. The fraction of sp³-hybridized carbons (Fsp3) is 0.571. The van der Waals surface area contributed by atoms with Crippen LogP contribution in [0.15, 0.2) is 6.20 Å². The van der Waals surface area contributed by atoms with Crippen LogP contribution in [0.25, 0.3) is 0 Å². The first-order valence-corrected chi connectivity index (χ1v) is 6.62. The maximum atomic E-state index is 4.44. The summed E-state index contributed by atoms with van der Waals surface area (Å²) in [6.07, 6.45) is 1.94. The summed E-state index contributed by atoms with van der Waals surface area (Å²) in [7, 11) is 3.96. The Kier molecular flexibility index (Phi) is 3.75.